The van der Waals surface area contributed by atoms with Crippen molar-refractivity contribution >= 4 is 21.4 Å². The van der Waals surface area contributed by atoms with Crippen molar-refractivity contribution in [3.05, 3.63) is 17.0 Å². The van der Waals surface area contributed by atoms with Gasteiger partial charge in [0.05, 0.1) is 0 Å². The summed E-state index contributed by atoms with van der Waals surface area (Å²) >= 11 is 1.28. The molecule has 3 nitrogen and oxygen atoms in total. The molecule has 2 unspecified atom stereocenters. The van der Waals surface area contributed by atoms with Gasteiger partial charge in [0.2, 0.25) is 10.0 Å². The van der Waals surface area contributed by atoms with Crippen LogP contribution in [0.2, 0.25) is 0 Å². The van der Waals surface area contributed by atoms with Gasteiger partial charge in [-0.05, 0) is 36.3 Å². The fraction of sp³-hybridized carbons (Fsp3) is 0.667. The second kappa shape index (κ2) is 5.50. The predicted octanol–water partition coefficient (Wildman–Crippen LogP) is 2.87. The SMILES string of the molecule is CC(C)C(C)C(C)Cc1ccc(S(N)(=O)=O)s1. The minimum atomic E-state index is -3.54. The van der Waals surface area contributed by atoms with Gasteiger partial charge in [0.1, 0.15) is 4.21 Å². The molecule has 0 saturated heterocycles. The minimum absolute atomic E-state index is 0.261. The third kappa shape index (κ3) is 4.08. The van der Waals surface area contributed by atoms with Gasteiger partial charge in [-0.3, -0.25) is 0 Å². The number of thiophene rings is 1. The normalized spacial score (nSPS) is 16.1. The maximum Gasteiger partial charge on any atom is 0.247 e. The van der Waals surface area contributed by atoms with Crippen LogP contribution in [0.25, 0.3) is 0 Å². The van der Waals surface area contributed by atoms with Crippen molar-refractivity contribution in [2.24, 2.45) is 22.9 Å². The van der Waals surface area contributed by atoms with Gasteiger partial charge in [0, 0.05) is 4.88 Å². The third-order valence-electron chi connectivity index (χ3n) is 3.39. The molecule has 5 heteroatoms. The monoisotopic (exact) mass is 275 g/mol. The van der Waals surface area contributed by atoms with Crippen LogP contribution in [0.4, 0.5) is 0 Å². The summed E-state index contributed by atoms with van der Waals surface area (Å²) in [5.74, 6) is 1.81. The molecular weight excluding hydrogens is 254 g/mol. The van der Waals surface area contributed by atoms with Gasteiger partial charge in [-0.1, -0.05) is 27.7 Å². The van der Waals surface area contributed by atoms with E-state index < -0.39 is 10.0 Å². The Morgan fingerprint density at radius 1 is 1.24 bits per heavy atom. The van der Waals surface area contributed by atoms with Crippen LogP contribution in [0, 0.1) is 17.8 Å². The van der Waals surface area contributed by atoms with E-state index in [1.165, 1.54) is 11.3 Å². The average Bonchev–Trinajstić information content (AvgIpc) is 2.64. The lowest BCUT2D eigenvalue weighted by molar-refractivity contribution is 0.296. The minimum Gasteiger partial charge on any atom is -0.224 e. The fourth-order valence-corrected chi connectivity index (χ4v) is 3.70. The number of nitrogens with two attached hydrogens (primary N) is 1. The van der Waals surface area contributed by atoms with E-state index in [1.807, 2.05) is 6.07 Å². The van der Waals surface area contributed by atoms with Crippen molar-refractivity contribution in [2.75, 3.05) is 0 Å². The highest BCUT2D eigenvalue weighted by Gasteiger charge is 2.18. The third-order valence-corrected chi connectivity index (χ3v) is 5.94. The molecule has 1 aromatic heterocycles. The smallest absolute Gasteiger partial charge is 0.224 e. The Morgan fingerprint density at radius 2 is 1.82 bits per heavy atom. The molecule has 0 spiro atoms. The van der Waals surface area contributed by atoms with Crippen LogP contribution in [0.5, 0.6) is 0 Å². The van der Waals surface area contributed by atoms with Gasteiger partial charge in [0.25, 0.3) is 0 Å². The highest BCUT2D eigenvalue weighted by molar-refractivity contribution is 7.91. The Hall–Kier alpha value is -0.390. The summed E-state index contributed by atoms with van der Waals surface area (Å²) in [4.78, 5) is 1.09. The Kier molecular flexibility index (Phi) is 4.75. The van der Waals surface area contributed by atoms with E-state index in [-0.39, 0.29) is 4.21 Å². The summed E-state index contributed by atoms with van der Waals surface area (Å²) in [6, 6.07) is 3.47. The van der Waals surface area contributed by atoms with Crippen molar-refractivity contribution < 1.29 is 8.42 Å². The van der Waals surface area contributed by atoms with Crippen LogP contribution in [0.1, 0.15) is 32.6 Å². The van der Waals surface area contributed by atoms with Gasteiger partial charge in [-0.2, -0.15) is 0 Å². The molecule has 17 heavy (non-hydrogen) atoms. The summed E-state index contributed by atoms with van der Waals surface area (Å²) in [5, 5.41) is 5.09. The van der Waals surface area contributed by atoms with Gasteiger partial charge in [-0.25, -0.2) is 13.6 Å². The number of primary sulfonamides is 1. The lowest BCUT2D eigenvalue weighted by atomic mass is 9.84. The Morgan fingerprint density at radius 3 is 2.24 bits per heavy atom. The zero-order valence-electron chi connectivity index (χ0n) is 10.8. The molecule has 1 heterocycles. The maximum absolute atomic E-state index is 11.2. The molecule has 0 aliphatic carbocycles. The van der Waals surface area contributed by atoms with E-state index in [1.54, 1.807) is 6.07 Å². The molecule has 0 fully saturated rings. The van der Waals surface area contributed by atoms with Crippen molar-refractivity contribution in [1.82, 2.24) is 0 Å². The highest BCUT2D eigenvalue weighted by Crippen LogP contribution is 2.28. The molecule has 0 aromatic carbocycles. The summed E-state index contributed by atoms with van der Waals surface area (Å²) < 4.78 is 22.6. The lowest BCUT2D eigenvalue weighted by Crippen LogP contribution is -2.15. The molecule has 0 saturated carbocycles. The van der Waals surface area contributed by atoms with Crippen LogP contribution in [0.15, 0.2) is 16.3 Å². The maximum atomic E-state index is 11.2. The van der Waals surface area contributed by atoms with Crippen LogP contribution >= 0.6 is 11.3 Å². The Bertz CT molecular complexity index is 463. The summed E-state index contributed by atoms with van der Waals surface area (Å²) in [7, 11) is -3.54. The number of sulfonamides is 1. The second-order valence-electron chi connectivity index (χ2n) is 5.05. The molecule has 98 valence electrons. The van der Waals surface area contributed by atoms with Gasteiger partial charge in [0.15, 0.2) is 0 Å². The Balaban J connectivity index is 2.74. The summed E-state index contributed by atoms with van der Waals surface area (Å²) in [6.45, 7) is 8.88. The topological polar surface area (TPSA) is 60.2 Å². The van der Waals surface area contributed by atoms with Crippen molar-refractivity contribution in [2.45, 2.75) is 38.3 Å². The molecule has 0 amide bonds. The molecule has 0 radical (unpaired) electrons. The van der Waals surface area contributed by atoms with E-state index in [9.17, 15) is 8.42 Å². The van der Waals surface area contributed by atoms with Gasteiger partial charge >= 0.3 is 0 Å². The van der Waals surface area contributed by atoms with Crippen molar-refractivity contribution in [3.8, 4) is 0 Å². The Labute approximate surface area is 108 Å². The highest BCUT2D eigenvalue weighted by atomic mass is 32.2. The van der Waals surface area contributed by atoms with Crippen LogP contribution in [0.3, 0.4) is 0 Å². The van der Waals surface area contributed by atoms with E-state index in [0.29, 0.717) is 17.8 Å². The fourth-order valence-electron chi connectivity index (χ4n) is 1.78. The first-order valence-electron chi connectivity index (χ1n) is 5.83. The molecule has 1 aromatic rings. The number of hydrogen-bond acceptors (Lipinski definition) is 3. The van der Waals surface area contributed by atoms with Gasteiger partial charge in [-0.15, -0.1) is 11.3 Å². The lowest BCUT2D eigenvalue weighted by Gasteiger charge is -2.22. The quantitative estimate of drug-likeness (QED) is 0.898. The molecule has 0 aliphatic heterocycles. The van der Waals surface area contributed by atoms with E-state index in [4.69, 9.17) is 5.14 Å². The van der Waals surface area contributed by atoms with Crippen LogP contribution < -0.4 is 5.14 Å². The molecule has 2 N–H and O–H groups in total. The van der Waals surface area contributed by atoms with E-state index in [2.05, 4.69) is 27.7 Å². The zero-order chi connectivity index (χ0) is 13.2. The summed E-state index contributed by atoms with van der Waals surface area (Å²) in [6.07, 6.45) is 0.916. The predicted molar refractivity (Wildman–Crippen MR) is 72.6 cm³/mol. The van der Waals surface area contributed by atoms with Crippen LogP contribution in [-0.2, 0) is 16.4 Å². The van der Waals surface area contributed by atoms with E-state index in [0.717, 1.165) is 11.3 Å². The molecular formula is C12H21NO2S2. The standard InChI is InChI=1S/C12H21NO2S2/c1-8(2)10(4)9(3)7-11-5-6-12(16-11)17(13,14)15/h5-6,8-10H,7H2,1-4H3,(H2,13,14,15). The summed E-state index contributed by atoms with van der Waals surface area (Å²) in [5.41, 5.74) is 0. The first-order chi connectivity index (χ1) is 7.71. The molecule has 0 bridgehead atoms. The number of rotatable bonds is 5. The average molecular weight is 275 g/mol. The van der Waals surface area contributed by atoms with Crippen molar-refractivity contribution in [3.63, 3.8) is 0 Å². The number of hydrogen-bond donors (Lipinski definition) is 1. The molecule has 0 aliphatic rings. The van der Waals surface area contributed by atoms with Crippen molar-refractivity contribution in [1.29, 1.82) is 0 Å². The second-order valence-corrected chi connectivity index (χ2v) is 8.01. The zero-order valence-corrected chi connectivity index (χ0v) is 12.4. The molecule has 2 atom stereocenters. The van der Waals surface area contributed by atoms with E-state index >= 15 is 0 Å². The first-order valence-corrected chi connectivity index (χ1v) is 8.19. The molecule has 1 rings (SSSR count). The largest absolute Gasteiger partial charge is 0.247 e. The van der Waals surface area contributed by atoms with Crippen LogP contribution in [-0.4, -0.2) is 8.42 Å². The van der Waals surface area contributed by atoms with Gasteiger partial charge < -0.3 is 0 Å². The first kappa shape index (κ1) is 14.7.